The zero-order valence-corrected chi connectivity index (χ0v) is 17.7. The van der Waals surface area contributed by atoms with Crippen molar-refractivity contribution in [3.8, 4) is 0 Å². The van der Waals surface area contributed by atoms with E-state index in [-0.39, 0.29) is 35.6 Å². The van der Waals surface area contributed by atoms with Gasteiger partial charge in [0.25, 0.3) is 5.69 Å². The number of thioether (sulfide) groups is 1. The first kappa shape index (κ1) is 22.4. The molecule has 11 heteroatoms. The van der Waals surface area contributed by atoms with Crippen molar-refractivity contribution in [2.75, 3.05) is 19.0 Å². The summed E-state index contributed by atoms with van der Waals surface area (Å²) in [7, 11) is 0. The number of nitrogens with zero attached hydrogens (tertiary/aromatic N) is 3. The number of nitro benzene ring substituents is 1. The third kappa shape index (κ3) is 4.01. The molecule has 1 amide bonds. The van der Waals surface area contributed by atoms with Gasteiger partial charge in [-0.15, -0.1) is 0 Å². The number of aliphatic hydroxyl groups excluding tert-OH is 1. The number of halogens is 1. The van der Waals surface area contributed by atoms with E-state index >= 15 is 0 Å². The summed E-state index contributed by atoms with van der Waals surface area (Å²) in [6, 6.07) is 3.24. The topological polar surface area (TPSA) is 126 Å². The number of aliphatic imine (C=N–C) groups is 1. The molecule has 3 rings (SSSR count). The number of aliphatic hydroxyl groups is 1. The Morgan fingerprint density at radius 2 is 2.20 bits per heavy atom. The van der Waals surface area contributed by atoms with Crippen molar-refractivity contribution in [1.82, 2.24) is 4.90 Å². The Kier molecular flexibility index (Phi) is 6.08. The van der Waals surface area contributed by atoms with Gasteiger partial charge < -0.3 is 14.9 Å². The number of ether oxygens (including phenoxy) is 1. The molecule has 30 heavy (non-hydrogen) atoms. The zero-order valence-electron chi connectivity index (χ0n) is 16.9. The van der Waals surface area contributed by atoms with Gasteiger partial charge in [-0.25, -0.2) is 14.2 Å². The molecule has 0 aromatic heterocycles. The monoisotopic (exact) mass is 441 g/mol. The van der Waals surface area contributed by atoms with Gasteiger partial charge in [-0.2, -0.15) is 0 Å². The molecule has 9 nitrogen and oxygen atoms in total. The van der Waals surface area contributed by atoms with Crippen molar-refractivity contribution < 1.29 is 29.1 Å². The number of hydrogen-bond donors (Lipinski definition) is 2. The number of nitro groups is 1. The first-order valence-corrected chi connectivity index (χ1v) is 10.4. The van der Waals surface area contributed by atoms with Crippen LogP contribution in [0.3, 0.4) is 0 Å². The summed E-state index contributed by atoms with van der Waals surface area (Å²) in [4.78, 5) is 28.4. The van der Waals surface area contributed by atoms with Crippen LogP contribution in [-0.4, -0.2) is 61.9 Å². The second-order valence-electron chi connectivity index (χ2n) is 8.39. The maximum Gasteiger partial charge on any atom is 0.413 e. The first-order chi connectivity index (χ1) is 14.0. The van der Waals surface area contributed by atoms with Gasteiger partial charge in [-0.1, -0.05) is 11.8 Å². The smallest absolute Gasteiger partial charge is 0.413 e. The van der Waals surface area contributed by atoms with Gasteiger partial charge in [0.1, 0.15) is 11.4 Å². The average molecular weight is 441 g/mol. The second kappa shape index (κ2) is 8.12. The lowest BCUT2D eigenvalue weighted by molar-refractivity contribution is -0.385. The molecule has 2 heterocycles. The highest BCUT2D eigenvalue weighted by Gasteiger charge is 2.51. The lowest BCUT2D eigenvalue weighted by Crippen LogP contribution is -2.55. The Balaban J connectivity index is 2.20. The van der Waals surface area contributed by atoms with Gasteiger partial charge in [-0.3, -0.25) is 15.0 Å². The van der Waals surface area contributed by atoms with Gasteiger partial charge in [0.05, 0.1) is 24.2 Å². The minimum absolute atomic E-state index is 0.00450. The Labute approximate surface area is 177 Å². The maximum atomic E-state index is 14.9. The molecule has 0 unspecified atom stereocenters. The number of hydrogen-bond acceptors (Lipinski definition) is 7. The van der Waals surface area contributed by atoms with E-state index in [4.69, 9.17) is 4.74 Å². The molecule has 1 aromatic rings. The summed E-state index contributed by atoms with van der Waals surface area (Å²) in [5.74, 6) is -0.575. The van der Waals surface area contributed by atoms with Crippen LogP contribution in [-0.2, 0) is 10.3 Å². The van der Waals surface area contributed by atoms with Crippen LogP contribution in [0.4, 0.5) is 14.9 Å². The van der Waals surface area contributed by atoms with Gasteiger partial charge in [-0.05, 0) is 33.3 Å². The van der Waals surface area contributed by atoms with Crippen LogP contribution in [0.25, 0.3) is 0 Å². The lowest BCUT2D eigenvalue weighted by atomic mass is 9.75. The number of fused-ring (bicyclic) bond motifs is 1. The Hall–Kier alpha value is -2.24. The summed E-state index contributed by atoms with van der Waals surface area (Å²) >= 11 is 1.24. The summed E-state index contributed by atoms with van der Waals surface area (Å²) in [6.07, 6.45) is -1.29. The van der Waals surface area contributed by atoms with E-state index in [9.17, 15) is 29.5 Å². The van der Waals surface area contributed by atoms with Crippen molar-refractivity contribution >= 4 is 28.7 Å². The van der Waals surface area contributed by atoms with E-state index in [0.717, 1.165) is 23.1 Å². The normalized spacial score (nSPS) is 26.5. The molecule has 0 spiro atoms. The minimum atomic E-state index is -1.33. The van der Waals surface area contributed by atoms with Crippen molar-refractivity contribution in [1.29, 1.82) is 0 Å². The van der Waals surface area contributed by atoms with Crippen LogP contribution in [0.2, 0.25) is 0 Å². The van der Waals surface area contributed by atoms with E-state index in [0.29, 0.717) is 12.2 Å². The SMILES string of the molecule is CC(C)(C)N(C(=O)O)C1=N[C@@]2(c3cc([N+](=O)[O-])ccc3F)CO[C@@H](CO)C[C@H]2CS1. The van der Waals surface area contributed by atoms with E-state index in [1.807, 2.05) is 0 Å². The number of carboxylic acid groups (broad SMARTS) is 1. The fraction of sp³-hybridized carbons (Fsp3) is 0.579. The van der Waals surface area contributed by atoms with Gasteiger partial charge >= 0.3 is 6.09 Å². The lowest BCUT2D eigenvalue weighted by Gasteiger charge is -2.48. The number of rotatable bonds is 3. The molecule has 0 saturated carbocycles. The molecule has 164 valence electrons. The Morgan fingerprint density at radius 1 is 1.50 bits per heavy atom. The van der Waals surface area contributed by atoms with E-state index in [1.165, 1.54) is 11.8 Å². The maximum absolute atomic E-state index is 14.9. The summed E-state index contributed by atoms with van der Waals surface area (Å²) < 4.78 is 20.7. The summed E-state index contributed by atoms with van der Waals surface area (Å²) in [5.41, 5.74) is -2.43. The van der Waals surface area contributed by atoms with Crippen molar-refractivity contribution in [3.63, 3.8) is 0 Å². The van der Waals surface area contributed by atoms with Gasteiger partial charge in [0, 0.05) is 34.9 Å². The molecular weight excluding hydrogens is 417 g/mol. The highest BCUT2D eigenvalue weighted by Crippen LogP contribution is 2.48. The molecule has 3 atom stereocenters. The number of carbonyl (C=O) groups is 1. The third-order valence-corrected chi connectivity index (χ3v) is 6.46. The van der Waals surface area contributed by atoms with Crippen LogP contribution in [0.1, 0.15) is 32.8 Å². The number of amides is 1. The van der Waals surface area contributed by atoms with E-state index in [2.05, 4.69) is 4.99 Å². The number of amidine groups is 1. The molecular formula is C19H24FN3O6S. The number of benzene rings is 1. The molecule has 0 radical (unpaired) electrons. The van der Waals surface area contributed by atoms with E-state index in [1.54, 1.807) is 20.8 Å². The summed E-state index contributed by atoms with van der Waals surface area (Å²) in [5, 5.41) is 30.8. The van der Waals surface area contributed by atoms with Crippen LogP contribution < -0.4 is 0 Å². The van der Waals surface area contributed by atoms with Gasteiger partial charge in [0.2, 0.25) is 0 Å². The van der Waals surface area contributed by atoms with Crippen molar-refractivity contribution in [2.45, 2.75) is 44.4 Å². The van der Waals surface area contributed by atoms with Crippen LogP contribution in [0, 0.1) is 21.8 Å². The quantitative estimate of drug-likeness (QED) is 0.545. The molecule has 2 N–H and O–H groups in total. The fourth-order valence-corrected chi connectivity index (χ4v) is 5.34. The zero-order chi connectivity index (χ0) is 22.3. The minimum Gasteiger partial charge on any atom is -0.465 e. The fourth-order valence-electron chi connectivity index (χ4n) is 3.86. The highest BCUT2D eigenvalue weighted by molar-refractivity contribution is 8.13. The Morgan fingerprint density at radius 3 is 2.77 bits per heavy atom. The van der Waals surface area contributed by atoms with Crippen LogP contribution >= 0.6 is 11.8 Å². The molecule has 0 aliphatic carbocycles. The molecule has 1 fully saturated rings. The van der Waals surface area contributed by atoms with Crippen LogP contribution in [0.15, 0.2) is 23.2 Å². The number of non-ortho nitro benzene ring substituents is 1. The second-order valence-corrected chi connectivity index (χ2v) is 9.38. The van der Waals surface area contributed by atoms with E-state index < -0.39 is 34.0 Å². The average Bonchev–Trinajstić information content (AvgIpc) is 2.66. The Bertz CT molecular complexity index is 890. The predicted octanol–water partition coefficient (Wildman–Crippen LogP) is 3.21. The molecule has 0 bridgehead atoms. The van der Waals surface area contributed by atoms with Crippen LogP contribution in [0.5, 0.6) is 0 Å². The third-order valence-electron chi connectivity index (χ3n) is 5.35. The standard InChI is InChI=1S/C19H24FN3O6S/c1-18(2,3)22(17(25)26)16-21-19(10-29-13(8-24)6-11(19)9-30-16)14-7-12(23(27)28)4-5-15(14)20/h4-5,7,11,13,24H,6,8-10H2,1-3H3,(H,25,26)/t11-,13+,19-/m0/s1. The molecule has 2 aliphatic rings. The largest absolute Gasteiger partial charge is 0.465 e. The van der Waals surface area contributed by atoms with Crippen molar-refractivity contribution in [3.05, 3.63) is 39.7 Å². The summed E-state index contributed by atoms with van der Waals surface area (Å²) in [6.45, 7) is 4.82. The van der Waals surface area contributed by atoms with Crippen molar-refractivity contribution in [2.24, 2.45) is 10.9 Å². The predicted molar refractivity (Wildman–Crippen MR) is 109 cm³/mol. The van der Waals surface area contributed by atoms with Gasteiger partial charge in [0.15, 0.2) is 5.17 Å². The highest BCUT2D eigenvalue weighted by atomic mass is 32.2. The molecule has 1 saturated heterocycles. The first-order valence-electron chi connectivity index (χ1n) is 9.42. The molecule has 1 aromatic carbocycles. The molecule has 2 aliphatic heterocycles.